The number of hydrogen-bond acceptors (Lipinski definition) is 3. The van der Waals surface area contributed by atoms with Gasteiger partial charge in [0.1, 0.15) is 0 Å². The van der Waals surface area contributed by atoms with Crippen molar-refractivity contribution in [2.45, 2.75) is 19.9 Å². The molecule has 17 heavy (non-hydrogen) atoms. The predicted molar refractivity (Wildman–Crippen MR) is 68.0 cm³/mol. The van der Waals surface area contributed by atoms with Gasteiger partial charge in [-0.05, 0) is 24.4 Å². The number of nitrogens with two attached hydrogens (primary N) is 1. The van der Waals surface area contributed by atoms with Crippen LogP contribution in [0.2, 0.25) is 0 Å². The Bertz CT molecular complexity index is 400. The maximum absolute atomic E-state index is 8.57. The summed E-state index contributed by atoms with van der Waals surface area (Å²) < 4.78 is 0. The van der Waals surface area contributed by atoms with Crippen LogP contribution in [0.4, 0.5) is 0 Å². The summed E-state index contributed by atoms with van der Waals surface area (Å²) >= 11 is 0. The van der Waals surface area contributed by atoms with Gasteiger partial charge in [-0.15, -0.1) is 0 Å². The normalized spacial score (nSPS) is 21.9. The fraction of sp³-hybridized carbons (Fsp3) is 0.462. The molecule has 1 atom stereocenters. The second-order valence-electron chi connectivity index (χ2n) is 4.81. The van der Waals surface area contributed by atoms with Crippen LogP contribution in [0.5, 0.6) is 0 Å². The highest BCUT2D eigenvalue weighted by atomic mass is 16.4. The lowest BCUT2D eigenvalue weighted by Gasteiger charge is -2.15. The average Bonchev–Trinajstić information content (AvgIpc) is 2.75. The third-order valence-electron chi connectivity index (χ3n) is 3.27. The van der Waals surface area contributed by atoms with Gasteiger partial charge >= 0.3 is 0 Å². The lowest BCUT2D eigenvalue weighted by atomic mass is 10.1. The summed E-state index contributed by atoms with van der Waals surface area (Å²) in [5, 5.41) is 11.6. The van der Waals surface area contributed by atoms with Crippen molar-refractivity contribution < 1.29 is 5.21 Å². The first-order chi connectivity index (χ1) is 8.19. The minimum atomic E-state index is 0.159. The minimum absolute atomic E-state index is 0.159. The smallest absolute Gasteiger partial charge is 0.170 e. The van der Waals surface area contributed by atoms with Crippen molar-refractivity contribution in [3.63, 3.8) is 0 Å². The first-order valence-electron chi connectivity index (χ1n) is 5.98. The molecule has 1 fully saturated rings. The molecule has 0 radical (unpaired) electrons. The zero-order valence-electron chi connectivity index (χ0n) is 10.1. The highest BCUT2D eigenvalue weighted by molar-refractivity contribution is 5.96. The van der Waals surface area contributed by atoms with Gasteiger partial charge in [0.05, 0.1) is 0 Å². The van der Waals surface area contributed by atoms with Crippen LogP contribution < -0.4 is 5.73 Å². The Morgan fingerprint density at radius 1 is 1.47 bits per heavy atom. The average molecular weight is 233 g/mol. The van der Waals surface area contributed by atoms with Crippen LogP contribution >= 0.6 is 0 Å². The summed E-state index contributed by atoms with van der Waals surface area (Å²) in [5.74, 6) is 0.970. The monoisotopic (exact) mass is 233 g/mol. The molecule has 2 rings (SSSR count). The van der Waals surface area contributed by atoms with Crippen molar-refractivity contribution in [2.75, 3.05) is 13.1 Å². The van der Waals surface area contributed by atoms with E-state index in [9.17, 15) is 0 Å². The molecule has 4 nitrogen and oxygen atoms in total. The number of likely N-dealkylation sites (tertiary alicyclic amines) is 1. The number of oxime groups is 1. The maximum atomic E-state index is 8.57. The molecule has 1 heterocycles. The molecule has 4 heteroatoms. The highest BCUT2D eigenvalue weighted by Crippen LogP contribution is 2.17. The summed E-state index contributed by atoms with van der Waals surface area (Å²) in [4.78, 5) is 2.46. The van der Waals surface area contributed by atoms with E-state index in [4.69, 9.17) is 10.9 Å². The van der Waals surface area contributed by atoms with E-state index in [0.29, 0.717) is 0 Å². The van der Waals surface area contributed by atoms with Crippen LogP contribution in [-0.2, 0) is 6.54 Å². The van der Waals surface area contributed by atoms with E-state index in [1.54, 1.807) is 0 Å². The van der Waals surface area contributed by atoms with Gasteiger partial charge in [-0.25, -0.2) is 0 Å². The third kappa shape index (κ3) is 2.97. The van der Waals surface area contributed by atoms with Crippen molar-refractivity contribution >= 4 is 5.84 Å². The van der Waals surface area contributed by atoms with Crippen molar-refractivity contribution in [1.82, 2.24) is 4.90 Å². The van der Waals surface area contributed by atoms with Gasteiger partial charge in [0.15, 0.2) is 5.84 Å². The molecule has 0 spiro atoms. The predicted octanol–water partition coefficient (Wildman–Crippen LogP) is 1.62. The third-order valence-corrected chi connectivity index (χ3v) is 3.27. The molecular weight excluding hydrogens is 214 g/mol. The largest absolute Gasteiger partial charge is 0.409 e. The first-order valence-corrected chi connectivity index (χ1v) is 5.98. The molecule has 1 unspecified atom stereocenters. The molecule has 1 saturated heterocycles. The Morgan fingerprint density at radius 3 is 2.71 bits per heavy atom. The van der Waals surface area contributed by atoms with E-state index < -0.39 is 0 Å². The number of rotatable bonds is 3. The van der Waals surface area contributed by atoms with Gasteiger partial charge in [-0.1, -0.05) is 36.3 Å². The summed E-state index contributed by atoms with van der Waals surface area (Å²) in [6, 6.07) is 7.86. The molecule has 0 amide bonds. The van der Waals surface area contributed by atoms with E-state index in [1.165, 1.54) is 25.1 Å². The Balaban J connectivity index is 1.99. The standard InChI is InChI=1S/C13H19N3O/c1-10-6-7-16(8-10)9-11-2-4-12(5-3-11)13(14)15-17/h2-5,10,17H,6-9H2,1H3,(H2,14,15). The molecule has 1 aliphatic heterocycles. The maximum Gasteiger partial charge on any atom is 0.170 e. The van der Waals surface area contributed by atoms with Crippen molar-refractivity contribution in [3.8, 4) is 0 Å². The van der Waals surface area contributed by atoms with E-state index in [2.05, 4.69) is 17.0 Å². The number of amidine groups is 1. The quantitative estimate of drug-likeness (QED) is 0.361. The van der Waals surface area contributed by atoms with Crippen LogP contribution in [0.25, 0.3) is 0 Å². The van der Waals surface area contributed by atoms with Crippen molar-refractivity contribution in [3.05, 3.63) is 35.4 Å². The Hall–Kier alpha value is -1.55. The van der Waals surface area contributed by atoms with E-state index in [-0.39, 0.29) is 5.84 Å². The van der Waals surface area contributed by atoms with Crippen LogP contribution in [0, 0.1) is 5.92 Å². The van der Waals surface area contributed by atoms with Gasteiger partial charge in [0.2, 0.25) is 0 Å². The Kier molecular flexibility index (Phi) is 3.64. The molecular formula is C13H19N3O. The molecule has 3 N–H and O–H groups in total. The molecule has 0 bridgehead atoms. The summed E-state index contributed by atoms with van der Waals surface area (Å²) in [7, 11) is 0. The fourth-order valence-electron chi connectivity index (χ4n) is 2.27. The second kappa shape index (κ2) is 5.19. The number of nitrogens with zero attached hydrogens (tertiary/aromatic N) is 2. The van der Waals surface area contributed by atoms with Crippen LogP contribution in [-0.4, -0.2) is 29.0 Å². The summed E-state index contributed by atoms with van der Waals surface area (Å²) in [6.07, 6.45) is 1.29. The van der Waals surface area contributed by atoms with E-state index >= 15 is 0 Å². The van der Waals surface area contributed by atoms with Gasteiger partial charge < -0.3 is 10.9 Å². The Morgan fingerprint density at radius 2 is 2.18 bits per heavy atom. The van der Waals surface area contributed by atoms with Crippen LogP contribution in [0.3, 0.4) is 0 Å². The van der Waals surface area contributed by atoms with Crippen molar-refractivity contribution in [1.29, 1.82) is 0 Å². The zero-order chi connectivity index (χ0) is 12.3. The second-order valence-corrected chi connectivity index (χ2v) is 4.81. The van der Waals surface area contributed by atoms with Crippen molar-refractivity contribution in [2.24, 2.45) is 16.8 Å². The van der Waals surface area contributed by atoms with E-state index in [0.717, 1.165) is 18.0 Å². The molecule has 92 valence electrons. The molecule has 0 aliphatic carbocycles. The highest BCUT2D eigenvalue weighted by Gasteiger charge is 2.18. The lowest BCUT2D eigenvalue weighted by molar-refractivity contribution is 0.318. The first kappa shape index (κ1) is 11.9. The molecule has 0 aromatic heterocycles. The molecule has 1 aromatic rings. The number of hydrogen-bond donors (Lipinski definition) is 2. The lowest BCUT2D eigenvalue weighted by Crippen LogP contribution is -2.19. The molecule has 0 saturated carbocycles. The fourth-order valence-corrected chi connectivity index (χ4v) is 2.27. The van der Waals surface area contributed by atoms with E-state index in [1.807, 2.05) is 24.3 Å². The van der Waals surface area contributed by atoms with Gasteiger partial charge in [-0.3, -0.25) is 4.90 Å². The van der Waals surface area contributed by atoms with Gasteiger partial charge in [-0.2, -0.15) is 0 Å². The summed E-state index contributed by atoms with van der Waals surface area (Å²) in [5.41, 5.74) is 7.54. The van der Waals surface area contributed by atoms with Gasteiger partial charge in [0, 0.05) is 18.7 Å². The summed E-state index contributed by atoms with van der Waals surface area (Å²) in [6.45, 7) is 5.65. The molecule has 1 aromatic carbocycles. The minimum Gasteiger partial charge on any atom is -0.409 e. The van der Waals surface area contributed by atoms with Crippen LogP contribution in [0.1, 0.15) is 24.5 Å². The Labute approximate surface area is 102 Å². The van der Waals surface area contributed by atoms with Gasteiger partial charge in [0.25, 0.3) is 0 Å². The van der Waals surface area contributed by atoms with Crippen LogP contribution in [0.15, 0.2) is 29.4 Å². The SMILES string of the molecule is CC1CCN(Cc2ccc(C(N)=NO)cc2)C1. The zero-order valence-corrected chi connectivity index (χ0v) is 10.1. The topological polar surface area (TPSA) is 61.8 Å². The number of benzene rings is 1. The molecule has 1 aliphatic rings.